The van der Waals surface area contributed by atoms with Gasteiger partial charge in [-0.15, -0.1) is 0 Å². The summed E-state index contributed by atoms with van der Waals surface area (Å²) < 4.78 is 28.7. The first kappa shape index (κ1) is 65.7. The molecule has 0 aromatic carbocycles. The van der Waals surface area contributed by atoms with Gasteiger partial charge in [0, 0.05) is 72.6 Å². The summed E-state index contributed by atoms with van der Waals surface area (Å²) in [6, 6.07) is -2.90. The second-order valence-corrected chi connectivity index (χ2v) is 20.6. The van der Waals surface area contributed by atoms with Crippen molar-refractivity contribution in [2.24, 2.45) is 11.8 Å². The minimum absolute atomic E-state index is 0.0115. The number of ether oxygens (including phenoxy) is 5. The highest BCUT2D eigenvalue weighted by molar-refractivity contribution is 5.87. The normalized spacial score (nSPS) is 26.0. The quantitative estimate of drug-likeness (QED) is 0.0366. The van der Waals surface area contributed by atoms with Crippen molar-refractivity contribution < 1.29 is 83.1 Å². The van der Waals surface area contributed by atoms with Crippen molar-refractivity contribution in [3.8, 4) is 0 Å². The fourth-order valence-electron chi connectivity index (χ4n) is 9.19. The Hall–Kier alpha value is -3.62. The van der Waals surface area contributed by atoms with Crippen LogP contribution in [0.25, 0.3) is 0 Å². The summed E-state index contributed by atoms with van der Waals surface area (Å²) in [6.07, 6.45) is 3.54. The Balaban J connectivity index is 1.38. The molecular formula is C52H94N6O17. The maximum atomic E-state index is 13.4. The van der Waals surface area contributed by atoms with Crippen LogP contribution in [0.1, 0.15) is 156 Å². The summed E-state index contributed by atoms with van der Waals surface area (Å²) in [5.74, 6) is -0.845. The molecule has 0 spiro atoms. The predicted molar refractivity (Wildman–Crippen MR) is 274 cm³/mol. The molecule has 23 heteroatoms. The van der Waals surface area contributed by atoms with Crippen LogP contribution < -0.4 is 31.9 Å². The van der Waals surface area contributed by atoms with Crippen LogP contribution >= 0.6 is 0 Å². The number of amides is 6. The minimum atomic E-state index is -1.43. The molecule has 0 radical (unpaired) electrons. The van der Waals surface area contributed by atoms with Crippen LogP contribution in [0.4, 0.5) is 0 Å². The average molecular weight is 1080 g/mol. The number of aliphatic hydroxyl groups is 6. The zero-order chi connectivity index (χ0) is 55.1. The summed E-state index contributed by atoms with van der Waals surface area (Å²) in [7, 11) is 0. The summed E-state index contributed by atoms with van der Waals surface area (Å²) in [4.78, 5) is 75.2. The fraction of sp³-hybridized carbons (Fsp3) is 0.885. The number of hydrogen-bond donors (Lipinski definition) is 12. The number of nitrogens with one attached hydrogen (secondary N) is 6. The van der Waals surface area contributed by atoms with Gasteiger partial charge in [0.2, 0.25) is 35.4 Å². The third-order valence-electron chi connectivity index (χ3n) is 14.0. The van der Waals surface area contributed by atoms with Crippen LogP contribution in [0.15, 0.2) is 0 Å². The molecule has 6 amide bonds. The van der Waals surface area contributed by atoms with Gasteiger partial charge in [-0.2, -0.15) is 0 Å². The number of unbranched alkanes of at least 4 members (excludes halogenated alkanes) is 7. The summed E-state index contributed by atoms with van der Waals surface area (Å²) in [6.45, 7) is 8.21. The van der Waals surface area contributed by atoms with Gasteiger partial charge in [0.1, 0.15) is 54.7 Å². The van der Waals surface area contributed by atoms with E-state index < -0.39 is 92.4 Å². The van der Waals surface area contributed by atoms with Crippen LogP contribution in [-0.4, -0.2) is 192 Å². The molecule has 2 aliphatic heterocycles. The zero-order valence-electron chi connectivity index (χ0n) is 45.1. The smallest absolute Gasteiger partial charge is 0.242 e. The molecule has 3 fully saturated rings. The molecule has 13 atom stereocenters. The van der Waals surface area contributed by atoms with Crippen LogP contribution in [0.2, 0.25) is 0 Å². The molecule has 3 rings (SSSR count). The molecular weight excluding hydrogens is 981 g/mol. The van der Waals surface area contributed by atoms with E-state index in [2.05, 4.69) is 45.7 Å². The van der Waals surface area contributed by atoms with E-state index in [1.54, 1.807) is 0 Å². The Morgan fingerprint density at radius 1 is 0.600 bits per heavy atom. The maximum absolute atomic E-state index is 13.4. The van der Waals surface area contributed by atoms with Crippen LogP contribution in [0, 0.1) is 11.8 Å². The summed E-state index contributed by atoms with van der Waals surface area (Å²) in [5, 5.41) is 77.3. The van der Waals surface area contributed by atoms with Crippen LogP contribution in [-0.2, 0) is 52.5 Å². The fourth-order valence-corrected chi connectivity index (χ4v) is 9.19. The standard InChI is InChI=1S/C52H94N6O17/c1-5-36(32-73-37-18-17-19-37)28-33(2)29-55-42(64)22-9-6-13-25-54-50(70)38(58-43(65)23-11-8-16-27-72-52-45(57-35(4)62)49(69)47(67)40(31-60)75-52)20-12-14-24-53-41(63)21-10-7-15-26-71-51-44(56-34(3)61)48(68)46(66)39(30-59)74-51/h33,36-40,44-49,51-52,59-60,66-69H,5-32H2,1-4H3,(H,53,63)(H,54,70)(H,55,64)(H,56,61)(H,57,62)(H,58,65)/t33?,36?,38-,39?,40?,44?,45?,46?,47?,48?,49?,51?,52?/m0/s1. The lowest BCUT2D eigenvalue weighted by Gasteiger charge is -2.42. The van der Waals surface area contributed by atoms with Crippen LogP contribution in [0.3, 0.4) is 0 Å². The first-order chi connectivity index (χ1) is 36.0. The molecule has 434 valence electrons. The van der Waals surface area contributed by atoms with E-state index in [9.17, 15) is 59.4 Å². The van der Waals surface area contributed by atoms with Gasteiger partial charge in [-0.1, -0.05) is 39.5 Å². The topological polar surface area (TPSA) is 342 Å². The van der Waals surface area contributed by atoms with Crippen molar-refractivity contribution in [2.75, 3.05) is 52.7 Å². The third-order valence-corrected chi connectivity index (χ3v) is 14.0. The molecule has 2 saturated heterocycles. The van der Waals surface area contributed by atoms with Crippen molar-refractivity contribution in [1.82, 2.24) is 31.9 Å². The van der Waals surface area contributed by atoms with E-state index in [0.29, 0.717) is 115 Å². The van der Waals surface area contributed by atoms with Crippen molar-refractivity contribution >= 4 is 35.4 Å². The Morgan fingerprint density at radius 2 is 1.09 bits per heavy atom. The number of aliphatic hydroxyl groups excluding tert-OH is 6. The molecule has 0 aromatic heterocycles. The molecule has 0 bridgehead atoms. The van der Waals surface area contributed by atoms with Gasteiger partial charge >= 0.3 is 0 Å². The average Bonchev–Trinajstić information content (AvgIpc) is 3.36. The lowest BCUT2D eigenvalue weighted by molar-refractivity contribution is -0.270. The summed E-state index contributed by atoms with van der Waals surface area (Å²) in [5.41, 5.74) is 0. The highest BCUT2D eigenvalue weighted by atomic mass is 16.7. The van der Waals surface area contributed by atoms with Gasteiger partial charge in [0.15, 0.2) is 12.6 Å². The van der Waals surface area contributed by atoms with E-state index in [1.165, 1.54) is 20.3 Å². The van der Waals surface area contributed by atoms with Crippen molar-refractivity contribution in [2.45, 2.75) is 230 Å². The van der Waals surface area contributed by atoms with E-state index in [0.717, 1.165) is 38.7 Å². The molecule has 0 aromatic rings. The van der Waals surface area contributed by atoms with E-state index >= 15 is 0 Å². The number of carbonyl (C=O) groups is 6. The Morgan fingerprint density at radius 3 is 1.59 bits per heavy atom. The SMILES string of the molecule is CCC(COC1CCC1)CC(C)CNC(=O)CCCCCNC(=O)[C@H](CCCCNC(=O)CCCCCOC1OC(CO)C(O)C(O)C1NC(C)=O)NC(=O)CCCCCOC1OC(CO)C(O)C(O)C1NC(C)=O. The molecule has 1 aliphatic carbocycles. The van der Waals surface area contributed by atoms with Gasteiger partial charge in [0.05, 0.1) is 19.3 Å². The third kappa shape index (κ3) is 25.6. The second-order valence-electron chi connectivity index (χ2n) is 20.6. The number of carbonyl (C=O) groups excluding carboxylic acids is 6. The van der Waals surface area contributed by atoms with Crippen molar-refractivity contribution in [3.63, 3.8) is 0 Å². The van der Waals surface area contributed by atoms with Crippen molar-refractivity contribution in [1.29, 1.82) is 0 Å². The van der Waals surface area contributed by atoms with Crippen LogP contribution in [0.5, 0.6) is 0 Å². The highest BCUT2D eigenvalue weighted by Crippen LogP contribution is 2.26. The first-order valence-electron chi connectivity index (χ1n) is 27.7. The molecule has 3 aliphatic rings. The van der Waals surface area contributed by atoms with E-state index in [1.807, 2.05) is 0 Å². The Bertz CT molecular complexity index is 1670. The lowest BCUT2D eigenvalue weighted by Crippen LogP contribution is -2.64. The van der Waals surface area contributed by atoms with E-state index in [-0.39, 0.29) is 49.7 Å². The molecule has 12 unspecified atom stereocenters. The molecule has 1 saturated carbocycles. The van der Waals surface area contributed by atoms with Gasteiger partial charge in [-0.05, 0) is 95.3 Å². The first-order valence-corrected chi connectivity index (χ1v) is 27.7. The second kappa shape index (κ2) is 37.2. The largest absolute Gasteiger partial charge is 0.394 e. The molecule has 75 heavy (non-hydrogen) atoms. The minimum Gasteiger partial charge on any atom is -0.394 e. The Kier molecular flexibility index (Phi) is 32.6. The molecule has 12 N–H and O–H groups in total. The highest BCUT2D eigenvalue weighted by Gasteiger charge is 2.46. The number of hydrogen-bond acceptors (Lipinski definition) is 17. The Labute approximate surface area is 443 Å². The van der Waals surface area contributed by atoms with Gasteiger partial charge in [-0.25, -0.2) is 0 Å². The monoisotopic (exact) mass is 1070 g/mol. The lowest BCUT2D eigenvalue weighted by atomic mass is 9.93. The zero-order valence-corrected chi connectivity index (χ0v) is 45.1. The number of rotatable bonds is 39. The molecule has 23 nitrogen and oxygen atoms in total. The van der Waals surface area contributed by atoms with Gasteiger partial charge in [-0.3, -0.25) is 28.8 Å². The predicted octanol–water partition coefficient (Wildman–Crippen LogP) is 0.213. The molecule has 2 heterocycles. The van der Waals surface area contributed by atoms with Gasteiger partial charge < -0.3 is 86.2 Å². The summed E-state index contributed by atoms with van der Waals surface area (Å²) >= 11 is 0. The van der Waals surface area contributed by atoms with E-state index in [4.69, 9.17) is 23.7 Å². The maximum Gasteiger partial charge on any atom is 0.242 e. The van der Waals surface area contributed by atoms with Gasteiger partial charge in [0.25, 0.3) is 0 Å². The van der Waals surface area contributed by atoms with Crippen molar-refractivity contribution in [3.05, 3.63) is 0 Å².